The molecule has 0 aliphatic heterocycles. The topological polar surface area (TPSA) is 9.23 Å². The summed E-state index contributed by atoms with van der Waals surface area (Å²) in [5.74, 6) is 1.85. The first-order valence-corrected chi connectivity index (χ1v) is 8.99. The molecule has 2 atom stereocenters. The summed E-state index contributed by atoms with van der Waals surface area (Å²) >= 11 is 0. The molecular formula is C21H30FOY-. The first kappa shape index (κ1) is 22.0. The summed E-state index contributed by atoms with van der Waals surface area (Å²) in [5, 5.41) is 0. The van der Waals surface area contributed by atoms with Crippen molar-refractivity contribution in [2.24, 2.45) is 17.8 Å². The summed E-state index contributed by atoms with van der Waals surface area (Å²) in [6.07, 6.45) is 9.85. The van der Waals surface area contributed by atoms with Gasteiger partial charge in [0.15, 0.2) is 0 Å². The zero-order valence-electron chi connectivity index (χ0n) is 15.1. The van der Waals surface area contributed by atoms with Gasteiger partial charge in [-0.1, -0.05) is 38.7 Å². The van der Waals surface area contributed by atoms with Gasteiger partial charge in [0.25, 0.3) is 0 Å². The van der Waals surface area contributed by atoms with E-state index in [9.17, 15) is 4.39 Å². The van der Waals surface area contributed by atoms with Gasteiger partial charge in [0.1, 0.15) is 0 Å². The number of hydrogen-bond donors (Lipinski definition) is 0. The minimum absolute atomic E-state index is 0. The van der Waals surface area contributed by atoms with Crippen LogP contribution in [-0.4, -0.2) is 6.61 Å². The van der Waals surface area contributed by atoms with Crippen molar-refractivity contribution in [2.45, 2.75) is 58.5 Å². The van der Waals surface area contributed by atoms with E-state index in [1.165, 1.54) is 38.2 Å². The second-order valence-corrected chi connectivity index (χ2v) is 7.14. The van der Waals surface area contributed by atoms with Crippen LogP contribution in [0.2, 0.25) is 0 Å². The van der Waals surface area contributed by atoms with Gasteiger partial charge < -0.3 is 4.74 Å². The standard InChI is InChI=1S/C21H30FO.Y/c1-4-18(12-13-19-10-8-16(2)9-11-19)15-23-17(3)20-6-5-7-21(22)14-20;/h4-6,14,16-19H,1,8-13,15H2,2-3H3;/q-1;. The molecule has 131 valence electrons. The van der Waals surface area contributed by atoms with Gasteiger partial charge in [0, 0.05) is 38.5 Å². The molecule has 0 N–H and O–H groups in total. The van der Waals surface area contributed by atoms with Crippen molar-refractivity contribution < 1.29 is 41.8 Å². The van der Waals surface area contributed by atoms with Crippen LogP contribution in [0.25, 0.3) is 0 Å². The molecule has 1 nitrogen and oxygen atoms in total. The van der Waals surface area contributed by atoms with Gasteiger partial charge in [0.05, 0.1) is 12.7 Å². The normalized spacial score (nSPS) is 23.1. The molecule has 3 heteroatoms. The number of rotatable bonds is 8. The van der Waals surface area contributed by atoms with Crippen LogP contribution < -0.4 is 0 Å². The zero-order valence-corrected chi connectivity index (χ0v) is 18.0. The summed E-state index contributed by atoms with van der Waals surface area (Å²) in [5.41, 5.74) is 0.866. The van der Waals surface area contributed by atoms with Gasteiger partial charge in [-0.3, -0.25) is 0 Å². The molecule has 1 aliphatic carbocycles. The third-order valence-electron chi connectivity index (χ3n) is 5.23. The van der Waals surface area contributed by atoms with Crippen molar-refractivity contribution in [2.75, 3.05) is 6.61 Å². The van der Waals surface area contributed by atoms with Crippen LogP contribution in [-0.2, 0) is 37.4 Å². The molecule has 0 aromatic heterocycles. The number of benzene rings is 1. The summed E-state index contributed by atoms with van der Waals surface area (Å²) < 4.78 is 19.2. The molecule has 1 aliphatic rings. The molecular weight excluding hydrogens is 376 g/mol. The summed E-state index contributed by atoms with van der Waals surface area (Å²) in [6.45, 7) is 8.95. The number of halogens is 1. The maximum Gasteiger partial charge on any atom is 0.0578 e. The van der Waals surface area contributed by atoms with E-state index >= 15 is 0 Å². The van der Waals surface area contributed by atoms with Gasteiger partial charge in [0.2, 0.25) is 0 Å². The Bertz CT molecular complexity index is 482. The van der Waals surface area contributed by atoms with Crippen molar-refractivity contribution in [3.8, 4) is 0 Å². The smallest absolute Gasteiger partial charge is 0.0578 e. The quantitative estimate of drug-likeness (QED) is 0.374. The minimum Gasteiger partial charge on any atom is -0.375 e. The van der Waals surface area contributed by atoms with Gasteiger partial charge in [-0.05, 0) is 37.5 Å². The number of ether oxygens (including phenoxy) is 1. The molecule has 1 radical (unpaired) electrons. The van der Waals surface area contributed by atoms with Crippen molar-refractivity contribution in [1.29, 1.82) is 0 Å². The molecule has 2 unspecified atom stereocenters. The summed E-state index contributed by atoms with van der Waals surface area (Å²) in [4.78, 5) is 0. The van der Waals surface area contributed by atoms with Crippen molar-refractivity contribution in [3.63, 3.8) is 0 Å². The molecule has 1 aromatic rings. The Morgan fingerprint density at radius 3 is 2.71 bits per heavy atom. The molecule has 0 bridgehead atoms. The van der Waals surface area contributed by atoms with E-state index in [0.717, 1.165) is 23.8 Å². The van der Waals surface area contributed by atoms with Gasteiger partial charge in [-0.15, -0.1) is 24.3 Å². The Balaban J connectivity index is 0.00000288. The van der Waals surface area contributed by atoms with Crippen LogP contribution in [0, 0.1) is 29.6 Å². The Morgan fingerprint density at radius 2 is 2.08 bits per heavy atom. The van der Waals surface area contributed by atoms with E-state index in [0.29, 0.717) is 12.5 Å². The number of hydrogen-bond acceptors (Lipinski definition) is 1. The van der Waals surface area contributed by atoms with Crippen LogP contribution >= 0.6 is 0 Å². The average Bonchev–Trinajstić information content (AvgIpc) is 2.56. The van der Waals surface area contributed by atoms with Crippen LogP contribution in [0.5, 0.6) is 0 Å². The van der Waals surface area contributed by atoms with Crippen LogP contribution in [0.1, 0.15) is 64.0 Å². The fourth-order valence-electron chi connectivity index (χ4n) is 3.41. The summed E-state index contributed by atoms with van der Waals surface area (Å²) in [6, 6.07) is 7.49. The fourth-order valence-corrected chi connectivity index (χ4v) is 3.41. The monoisotopic (exact) mass is 406 g/mol. The van der Waals surface area contributed by atoms with Crippen LogP contribution in [0.3, 0.4) is 0 Å². The molecule has 1 saturated carbocycles. The third kappa shape index (κ3) is 7.46. The Morgan fingerprint density at radius 1 is 1.38 bits per heavy atom. The van der Waals surface area contributed by atoms with Gasteiger partial charge in [-0.2, -0.15) is 12.1 Å². The molecule has 1 aromatic carbocycles. The van der Waals surface area contributed by atoms with Crippen molar-refractivity contribution in [3.05, 3.63) is 48.3 Å². The van der Waals surface area contributed by atoms with Gasteiger partial charge >= 0.3 is 0 Å². The van der Waals surface area contributed by atoms with E-state index in [4.69, 9.17) is 4.74 Å². The molecule has 0 spiro atoms. The first-order chi connectivity index (χ1) is 11.1. The fraction of sp³-hybridized carbons (Fsp3) is 0.619. The maximum atomic E-state index is 13.2. The van der Waals surface area contributed by atoms with Crippen LogP contribution in [0.4, 0.5) is 4.39 Å². The predicted molar refractivity (Wildman–Crippen MR) is 93.6 cm³/mol. The minimum atomic E-state index is -0.329. The van der Waals surface area contributed by atoms with E-state index in [1.807, 2.05) is 19.1 Å². The Kier molecular flexibility index (Phi) is 10.6. The second-order valence-electron chi connectivity index (χ2n) is 7.14. The van der Waals surface area contributed by atoms with Crippen molar-refractivity contribution in [1.82, 2.24) is 0 Å². The molecule has 2 rings (SSSR count). The second kappa shape index (κ2) is 11.5. The van der Waals surface area contributed by atoms with Crippen LogP contribution in [0.15, 0.2) is 30.9 Å². The maximum absolute atomic E-state index is 13.2. The van der Waals surface area contributed by atoms with Crippen molar-refractivity contribution >= 4 is 0 Å². The summed E-state index contributed by atoms with van der Waals surface area (Å²) in [7, 11) is 0. The average molecular weight is 406 g/mol. The predicted octanol–water partition coefficient (Wildman–Crippen LogP) is 6.11. The molecule has 1 fully saturated rings. The molecule has 0 saturated heterocycles. The Labute approximate surface area is 172 Å². The first-order valence-electron chi connectivity index (χ1n) is 8.99. The van der Waals surface area contributed by atoms with E-state index in [2.05, 4.69) is 19.6 Å². The van der Waals surface area contributed by atoms with E-state index < -0.39 is 0 Å². The Hall–Kier alpha value is -0.0461. The zero-order chi connectivity index (χ0) is 16.7. The SMILES string of the molecule is C=CC(CCC1CCC(C)CC1)COC(C)c1cc[c-]c(F)c1.[Y]. The van der Waals surface area contributed by atoms with Gasteiger partial charge in [-0.25, -0.2) is 4.39 Å². The largest absolute Gasteiger partial charge is 0.375 e. The van der Waals surface area contributed by atoms with E-state index in [1.54, 1.807) is 6.07 Å². The molecule has 24 heavy (non-hydrogen) atoms. The molecule has 0 amide bonds. The third-order valence-corrected chi connectivity index (χ3v) is 5.23. The molecule has 0 heterocycles. The van der Waals surface area contributed by atoms with E-state index in [-0.39, 0.29) is 44.6 Å².